The summed E-state index contributed by atoms with van der Waals surface area (Å²) in [6, 6.07) is 15.0. The predicted molar refractivity (Wildman–Crippen MR) is 64.2 cm³/mol. The molecule has 1 aliphatic carbocycles. The molecule has 74 valence electrons. The largest absolute Gasteiger partial charge is 0.122 e. The number of benzene rings is 2. The molecule has 15 heavy (non-hydrogen) atoms. The zero-order chi connectivity index (χ0) is 10.3. The maximum atomic E-state index is 5.98. The SMILES string of the molecule is ClCc1cccc2c1-c1ccccc1C2. The first-order chi connectivity index (χ1) is 7.40. The van der Waals surface area contributed by atoms with E-state index < -0.39 is 0 Å². The van der Waals surface area contributed by atoms with Crippen LogP contribution in [0.4, 0.5) is 0 Å². The molecular weight excluding hydrogens is 204 g/mol. The smallest absolute Gasteiger partial charge is 0.0480 e. The highest BCUT2D eigenvalue weighted by Gasteiger charge is 2.19. The Bertz CT molecular complexity index is 514. The van der Waals surface area contributed by atoms with Crippen molar-refractivity contribution in [1.29, 1.82) is 0 Å². The summed E-state index contributed by atoms with van der Waals surface area (Å²) >= 11 is 5.98. The maximum absolute atomic E-state index is 5.98. The molecule has 0 heterocycles. The summed E-state index contributed by atoms with van der Waals surface area (Å²) in [6.45, 7) is 0. The molecule has 0 spiro atoms. The predicted octanol–water partition coefficient (Wildman–Crippen LogP) is 4.00. The Balaban J connectivity index is 2.30. The van der Waals surface area contributed by atoms with Crippen LogP contribution in [0.25, 0.3) is 11.1 Å². The number of alkyl halides is 1. The number of halogens is 1. The minimum atomic E-state index is 0.595. The Hall–Kier alpha value is -1.27. The Morgan fingerprint density at radius 3 is 2.60 bits per heavy atom. The summed E-state index contributed by atoms with van der Waals surface area (Å²) in [4.78, 5) is 0. The first-order valence-corrected chi connectivity index (χ1v) is 5.68. The van der Waals surface area contributed by atoms with Crippen molar-refractivity contribution in [1.82, 2.24) is 0 Å². The van der Waals surface area contributed by atoms with Crippen LogP contribution in [0.2, 0.25) is 0 Å². The monoisotopic (exact) mass is 214 g/mol. The minimum Gasteiger partial charge on any atom is -0.122 e. The average Bonchev–Trinajstić information content (AvgIpc) is 2.67. The van der Waals surface area contributed by atoms with E-state index in [1.54, 1.807) is 0 Å². The topological polar surface area (TPSA) is 0 Å². The lowest BCUT2D eigenvalue weighted by Gasteiger charge is -2.06. The van der Waals surface area contributed by atoms with E-state index >= 15 is 0 Å². The average molecular weight is 215 g/mol. The molecule has 1 aliphatic rings. The van der Waals surface area contributed by atoms with E-state index in [-0.39, 0.29) is 0 Å². The fourth-order valence-electron chi connectivity index (χ4n) is 2.38. The first kappa shape index (κ1) is 8.99. The first-order valence-electron chi connectivity index (χ1n) is 5.15. The normalized spacial score (nSPS) is 12.3. The van der Waals surface area contributed by atoms with Gasteiger partial charge in [-0.25, -0.2) is 0 Å². The van der Waals surface area contributed by atoms with Crippen LogP contribution in [-0.4, -0.2) is 0 Å². The number of rotatable bonds is 1. The number of fused-ring (bicyclic) bond motifs is 3. The van der Waals surface area contributed by atoms with Gasteiger partial charge in [-0.05, 0) is 34.2 Å². The van der Waals surface area contributed by atoms with Crippen molar-refractivity contribution in [3.63, 3.8) is 0 Å². The van der Waals surface area contributed by atoms with Gasteiger partial charge in [-0.3, -0.25) is 0 Å². The van der Waals surface area contributed by atoms with Crippen LogP contribution < -0.4 is 0 Å². The highest BCUT2D eigenvalue weighted by atomic mass is 35.5. The summed E-state index contributed by atoms with van der Waals surface area (Å²) in [5.41, 5.74) is 6.81. The van der Waals surface area contributed by atoms with Crippen LogP contribution in [0.1, 0.15) is 16.7 Å². The lowest BCUT2D eigenvalue weighted by Crippen LogP contribution is -1.86. The molecule has 0 saturated heterocycles. The summed E-state index contributed by atoms with van der Waals surface area (Å²) in [6.07, 6.45) is 1.05. The zero-order valence-electron chi connectivity index (χ0n) is 8.33. The van der Waals surface area contributed by atoms with Crippen molar-refractivity contribution >= 4 is 11.6 Å². The summed E-state index contributed by atoms with van der Waals surface area (Å²) in [5, 5.41) is 0. The molecule has 0 nitrogen and oxygen atoms in total. The lowest BCUT2D eigenvalue weighted by molar-refractivity contribution is 1.25. The molecule has 0 saturated carbocycles. The zero-order valence-corrected chi connectivity index (χ0v) is 9.09. The molecule has 2 aromatic rings. The Kier molecular flexibility index (Phi) is 2.03. The van der Waals surface area contributed by atoms with E-state index in [0.717, 1.165) is 6.42 Å². The molecule has 0 bridgehead atoms. The quantitative estimate of drug-likeness (QED) is 0.538. The molecular formula is C14H11Cl. The lowest BCUT2D eigenvalue weighted by atomic mass is 10.0. The second kappa shape index (κ2) is 3.39. The fraction of sp³-hybridized carbons (Fsp3) is 0.143. The van der Waals surface area contributed by atoms with Gasteiger partial charge in [0.2, 0.25) is 0 Å². The van der Waals surface area contributed by atoms with E-state index in [1.807, 2.05) is 0 Å². The highest BCUT2D eigenvalue weighted by molar-refractivity contribution is 6.17. The molecule has 0 aliphatic heterocycles. The van der Waals surface area contributed by atoms with Crippen LogP contribution in [0.15, 0.2) is 42.5 Å². The standard InChI is InChI=1S/C14H11Cl/c15-9-12-6-3-5-11-8-10-4-1-2-7-13(10)14(11)12/h1-7H,8-9H2. The molecule has 3 rings (SSSR count). The molecule has 0 amide bonds. The summed E-state index contributed by atoms with van der Waals surface area (Å²) in [5.74, 6) is 0.595. The number of hydrogen-bond donors (Lipinski definition) is 0. The van der Waals surface area contributed by atoms with Gasteiger partial charge in [0, 0.05) is 5.88 Å². The van der Waals surface area contributed by atoms with Gasteiger partial charge in [0.25, 0.3) is 0 Å². The Labute approximate surface area is 94.5 Å². The van der Waals surface area contributed by atoms with Crippen LogP contribution >= 0.6 is 11.6 Å². The molecule has 1 heteroatoms. The molecule has 0 unspecified atom stereocenters. The molecule has 0 fully saturated rings. The molecule has 0 radical (unpaired) electrons. The van der Waals surface area contributed by atoms with Crippen molar-refractivity contribution in [2.24, 2.45) is 0 Å². The third kappa shape index (κ3) is 1.29. The van der Waals surface area contributed by atoms with Gasteiger partial charge in [0.15, 0.2) is 0 Å². The van der Waals surface area contributed by atoms with E-state index in [9.17, 15) is 0 Å². The van der Waals surface area contributed by atoms with Gasteiger partial charge in [-0.1, -0.05) is 42.5 Å². The van der Waals surface area contributed by atoms with Crippen molar-refractivity contribution in [3.05, 3.63) is 59.2 Å². The third-order valence-electron chi connectivity index (χ3n) is 3.05. The van der Waals surface area contributed by atoms with Gasteiger partial charge in [-0.2, -0.15) is 0 Å². The molecule has 2 aromatic carbocycles. The van der Waals surface area contributed by atoms with Gasteiger partial charge < -0.3 is 0 Å². The fourth-order valence-corrected chi connectivity index (χ4v) is 2.60. The Morgan fingerprint density at radius 2 is 1.73 bits per heavy atom. The number of hydrogen-bond acceptors (Lipinski definition) is 0. The third-order valence-corrected chi connectivity index (χ3v) is 3.34. The van der Waals surface area contributed by atoms with Gasteiger partial charge >= 0.3 is 0 Å². The molecule has 0 aromatic heterocycles. The van der Waals surface area contributed by atoms with Crippen LogP contribution in [0.5, 0.6) is 0 Å². The van der Waals surface area contributed by atoms with E-state index in [2.05, 4.69) is 42.5 Å². The molecule has 0 N–H and O–H groups in total. The minimum absolute atomic E-state index is 0.595. The van der Waals surface area contributed by atoms with Gasteiger partial charge in [-0.15, -0.1) is 11.6 Å². The van der Waals surface area contributed by atoms with E-state index in [0.29, 0.717) is 5.88 Å². The van der Waals surface area contributed by atoms with Crippen LogP contribution in [0.3, 0.4) is 0 Å². The van der Waals surface area contributed by atoms with E-state index in [1.165, 1.54) is 27.8 Å². The maximum Gasteiger partial charge on any atom is 0.0480 e. The Morgan fingerprint density at radius 1 is 0.933 bits per heavy atom. The van der Waals surface area contributed by atoms with E-state index in [4.69, 9.17) is 11.6 Å². The van der Waals surface area contributed by atoms with Gasteiger partial charge in [0.1, 0.15) is 0 Å². The van der Waals surface area contributed by atoms with Gasteiger partial charge in [0.05, 0.1) is 0 Å². The van der Waals surface area contributed by atoms with Crippen molar-refractivity contribution in [2.75, 3.05) is 0 Å². The van der Waals surface area contributed by atoms with Crippen LogP contribution in [-0.2, 0) is 12.3 Å². The van der Waals surface area contributed by atoms with Crippen molar-refractivity contribution in [2.45, 2.75) is 12.3 Å². The summed E-state index contributed by atoms with van der Waals surface area (Å²) in [7, 11) is 0. The highest BCUT2D eigenvalue weighted by Crippen LogP contribution is 2.39. The van der Waals surface area contributed by atoms with Crippen molar-refractivity contribution in [3.8, 4) is 11.1 Å². The second-order valence-corrected chi connectivity index (χ2v) is 4.19. The molecule has 0 atom stereocenters. The second-order valence-electron chi connectivity index (χ2n) is 3.92. The van der Waals surface area contributed by atoms with Crippen LogP contribution in [0, 0.1) is 0 Å². The summed E-state index contributed by atoms with van der Waals surface area (Å²) < 4.78 is 0. The van der Waals surface area contributed by atoms with Crippen molar-refractivity contribution < 1.29 is 0 Å².